The van der Waals surface area contributed by atoms with Gasteiger partial charge in [0.05, 0.1) is 6.61 Å². The molecule has 1 spiro atoms. The standard InChI is InChI=1S/C24H33FN2O3/c25-24(9-10-24)22(29)27-16-23(17-27)8-5-19(15-23)26-11-6-18(7-12-26)20-3-1-2-4-21(20)30-14-13-28/h1-4,18-19,28H,5-17H2/t19-/m1/s1. The van der Waals surface area contributed by atoms with E-state index < -0.39 is 5.67 Å². The second-order valence-corrected chi connectivity index (χ2v) is 9.94. The molecule has 2 aliphatic carbocycles. The molecule has 4 fully saturated rings. The van der Waals surface area contributed by atoms with Crippen LogP contribution in [0.2, 0.25) is 0 Å². The second kappa shape index (κ2) is 7.79. The van der Waals surface area contributed by atoms with Crippen LogP contribution in [0, 0.1) is 5.41 Å². The van der Waals surface area contributed by atoms with Gasteiger partial charge in [0.2, 0.25) is 0 Å². The Morgan fingerprint density at radius 3 is 2.57 bits per heavy atom. The van der Waals surface area contributed by atoms with Crippen molar-refractivity contribution < 1.29 is 19.0 Å². The van der Waals surface area contributed by atoms with Gasteiger partial charge < -0.3 is 19.6 Å². The molecule has 5 rings (SSSR count). The number of aliphatic hydroxyl groups is 1. The number of carbonyl (C=O) groups excluding carboxylic acids is 1. The summed E-state index contributed by atoms with van der Waals surface area (Å²) in [6.07, 6.45) is 6.59. The maximum absolute atomic E-state index is 14.1. The maximum Gasteiger partial charge on any atom is 0.260 e. The highest BCUT2D eigenvalue weighted by Gasteiger charge is 2.58. The molecule has 1 atom stereocenters. The Labute approximate surface area is 178 Å². The van der Waals surface area contributed by atoms with Crippen molar-refractivity contribution in [2.45, 2.75) is 62.6 Å². The fourth-order valence-electron chi connectivity index (χ4n) is 5.97. The first-order valence-electron chi connectivity index (χ1n) is 11.6. The predicted octanol–water partition coefficient (Wildman–Crippen LogP) is 3.12. The molecule has 1 aromatic carbocycles. The Morgan fingerprint density at radius 2 is 1.87 bits per heavy atom. The van der Waals surface area contributed by atoms with Crippen molar-refractivity contribution in [1.29, 1.82) is 0 Å². The van der Waals surface area contributed by atoms with E-state index in [1.54, 1.807) is 4.90 Å². The molecule has 6 heteroatoms. The molecule has 4 aliphatic rings. The molecule has 1 amide bonds. The highest BCUT2D eigenvalue weighted by molar-refractivity contribution is 5.88. The van der Waals surface area contributed by atoms with Crippen LogP contribution in [0.1, 0.15) is 56.4 Å². The number of hydrogen-bond donors (Lipinski definition) is 1. The van der Waals surface area contributed by atoms with Crippen LogP contribution >= 0.6 is 0 Å². The van der Waals surface area contributed by atoms with E-state index in [4.69, 9.17) is 9.84 Å². The first-order chi connectivity index (χ1) is 14.5. The number of halogens is 1. The van der Waals surface area contributed by atoms with E-state index in [1.165, 1.54) is 18.4 Å². The van der Waals surface area contributed by atoms with Gasteiger partial charge in [0.1, 0.15) is 12.4 Å². The zero-order valence-corrected chi connectivity index (χ0v) is 17.7. The molecule has 0 unspecified atom stereocenters. The van der Waals surface area contributed by atoms with Crippen molar-refractivity contribution in [2.24, 2.45) is 5.41 Å². The van der Waals surface area contributed by atoms with E-state index in [0.29, 0.717) is 31.4 Å². The molecule has 30 heavy (non-hydrogen) atoms. The van der Waals surface area contributed by atoms with Crippen LogP contribution in [0.25, 0.3) is 0 Å². The zero-order valence-electron chi connectivity index (χ0n) is 17.7. The van der Waals surface area contributed by atoms with Crippen LogP contribution < -0.4 is 4.74 Å². The van der Waals surface area contributed by atoms with Gasteiger partial charge in [-0.2, -0.15) is 0 Å². The summed E-state index contributed by atoms with van der Waals surface area (Å²) in [5.41, 5.74) is -0.00637. The molecule has 0 aromatic heterocycles. The Bertz CT molecular complexity index is 782. The smallest absolute Gasteiger partial charge is 0.260 e. The summed E-state index contributed by atoms with van der Waals surface area (Å²) in [5.74, 6) is 1.16. The van der Waals surface area contributed by atoms with Crippen molar-refractivity contribution in [3.63, 3.8) is 0 Å². The van der Waals surface area contributed by atoms with Crippen LogP contribution in [0.5, 0.6) is 5.75 Å². The summed E-state index contributed by atoms with van der Waals surface area (Å²) in [6.45, 7) is 4.08. The van der Waals surface area contributed by atoms with E-state index in [2.05, 4.69) is 17.0 Å². The molecule has 1 N–H and O–H groups in total. The maximum atomic E-state index is 14.1. The normalized spacial score (nSPS) is 27.8. The number of amides is 1. The largest absolute Gasteiger partial charge is 0.491 e. The van der Waals surface area contributed by atoms with Crippen molar-refractivity contribution in [1.82, 2.24) is 9.80 Å². The highest BCUT2D eigenvalue weighted by Crippen LogP contribution is 2.51. The summed E-state index contributed by atoms with van der Waals surface area (Å²) < 4.78 is 19.8. The summed E-state index contributed by atoms with van der Waals surface area (Å²) >= 11 is 0. The van der Waals surface area contributed by atoms with Gasteiger partial charge in [-0.05, 0) is 75.6 Å². The number of para-hydroxylation sites is 1. The predicted molar refractivity (Wildman–Crippen MR) is 112 cm³/mol. The first-order valence-corrected chi connectivity index (χ1v) is 11.6. The first kappa shape index (κ1) is 20.3. The Hall–Kier alpha value is -1.66. The van der Waals surface area contributed by atoms with Gasteiger partial charge in [0, 0.05) is 24.5 Å². The van der Waals surface area contributed by atoms with Crippen molar-refractivity contribution in [3.8, 4) is 5.75 Å². The number of alkyl halides is 1. The van der Waals surface area contributed by atoms with E-state index in [1.807, 2.05) is 12.1 Å². The lowest BCUT2D eigenvalue weighted by Crippen LogP contribution is -2.60. The zero-order chi connectivity index (χ0) is 20.8. The van der Waals surface area contributed by atoms with Crippen LogP contribution in [0.3, 0.4) is 0 Å². The number of rotatable bonds is 6. The van der Waals surface area contributed by atoms with E-state index in [-0.39, 0.29) is 17.9 Å². The highest BCUT2D eigenvalue weighted by atomic mass is 19.1. The van der Waals surface area contributed by atoms with Crippen LogP contribution in [0.4, 0.5) is 4.39 Å². The molecule has 0 bridgehead atoms. The number of likely N-dealkylation sites (tertiary alicyclic amines) is 2. The van der Waals surface area contributed by atoms with Crippen molar-refractivity contribution >= 4 is 5.91 Å². The summed E-state index contributed by atoms with van der Waals surface area (Å²) in [4.78, 5) is 16.6. The third-order valence-corrected chi connectivity index (χ3v) is 7.84. The quantitative estimate of drug-likeness (QED) is 0.774. The molecule has 2 saturated carbocycles. The Morgan fingerprint density at radius 1 is 1.13 bits per heavy atom. The number of hydrogen-bond acceptors (Lipinski definition) is 4. The van der Waals surface area contributed by atoms with E-state index in [0.717, 1.165) is 51.2 Å². The second-order valence-electron chi connectivity index (χ2n) is 9.94. The summed E-state index contributed by atoms with van der Waals surface area (Å²) in [6, 6.07) is 8.83. The average Bonchev–Trinajstić information content (AvgIpc) is 3.34. The SMILES string of the molecule is O=C(N1CC2(CC[C@@H](N3CCC(c4ccccc4OCCO)CC3)C2)C1)C1(F)CC1. The molecule has 2 aliphatic heterocycles. The lowest BCUT2D eigenvalue weighted by Gasteiger charge is -2.49. The summed E-state index contributed by atoms with van der Waals surface area (Å²) in [7, 11) is 0. The Balaban J connectivity index is 1.13. The Kier molecular flexibility index (Phi) is 5.26. The van der Waals surface area contributed by atoms with Crippen molar-refractivity contribution in [3.05, 3.63) is 29.8 Å². The lowest BCUT2D eigenvalue weighted by molar-refractivity contribution is -0.150. The molecule has 164 valence electrons. The minimum atomic E-state index is -1.52. The molecule has 1 aromatic rings. The monoisotopic (exact) mass is 416 g/mol. The van der Waals surface area contributed by atoms with Gasteiger partial charge in [0.25, 0.3) is 5.91 Å². The fourth-order valence-corrected chi connectivity index (χ4v) is 5.97. The van der Waals surface area contributed by atoms with Crippen molar-refractivity contribution in [2.75, 3.05) is 39.4 Å². The van der Waals surface area contributed by atoms with Gasteiger partial charge in [-0.3, -0.25) is 4.79 Å². The van der Waals surface area contributed by atoms with Gasteiger partial charge in [0.15, 0.2) is 5.67 Å². The third-order valence-electron chi connectivity index (χ3n) is 7.84. The fraction of sp³-hybridized carbons (Fsp3) is 0.708. The van der Waals surface area contributed by atoms with Crippen LogP contribution in [-0.4, -0.2) is 71.9 Å². The number of nitrogens with zero attached hydrogens (tertiary/aromatic N) is 2. The number of piperidine rings is 1. The average molecular weight is 417 g/mol. The molecule has 0 radical (unpaired) electrons. The molecular weight excluding hydrogens is 383 g/mol. The van der Waals surface area contributed by atoms with E-state index in [9.17, 15) is 9.18 Å². The molecule has 2 saturated heterocycles. The molecule has 5 nitrogen and oxygen atoms in total. The molecule has 2 heterocycles. The number of ether oxygens (including phenoxy) is 1. The van der Waals surface area contributed by atoms with Gasteiger partial charge >= 0.3 is 0 Å². The van der Waals surface area contributed by atoms with E-state index >= 15 is 0 Å². The van der Waals surface area contributed by atoms with Crippen LogP contribution in [0.15, 0.2) is 24.3 Å². The van der Waals surface area contributed by atoms with Crippen LogP contribution in [-0.2, 0) is 4.79 Å². The number of benzene rings is 1. The van der Waals surface area contributed by atoms with Gasteiger partial charge in [-0.25, -0.2) is 4.39 Å². The lowest BCUT2D eigenvalue weighted by atomic mass is 9.77. The minimum absolute atomic E-state index is 0.0333. The van der Waals surface area contributed by atoms with Gasteiger partial charge in [-0.15, -0.1) is 0 Å². The third kappa shape index (κ3) is 3.73. The summed E-state index contributed by atoms with van der Waals surface area (Å²) in [5, 5.41) is 9.07. The minimum Gasteiger partial charge on any atom is -0.491 e. The van der Waals surface area contributed by atoms with Gasteiger partial charge in [-0.1, -0.05) is 18.2 Å². The topological polar surface area (TPSA) is 53.0 Å². The number of carbonyl (C=O) groups is 1. The number of aliphatic hydroxyl groups excluding tert-OH is 1. The molecular formula is C24H33FN2O3.